The number of nitrogens with zero attached hydrogens (tertiary/aromatic N) is 2. The van der Waals surface area contributed by atoms with Gasteiger partial charge in [0, 0.05) is 17.2 Å². The van der Waals surface area contributed by atoms with Crippen LogP contribution in [0.5, 0.6) is 0 Å². The Labute approximate surface area is 72.4 Å². The Kier molecular flexibility index (Phi) is 2.00. The molecule has 0 unspecified atom stereocenters. The van der Waals surface area contributed by atoms with E-state index in [9.17, 15) is 0 Å². The van der Waals surface area contributed by atoms with Gasteiger partial charge in [-0.2, -0.15) is 4.40 Å². The lowest BCUT2D eigenvalue weighted by Crippen LogP contribution is -2.13. The van der Waals surface area contributed by atoms with Gasteiger partial charge >= 0.3 is 0 Å². The summed E-state index contributed by atoms with van der Waals surface area (Å²) in [4.78, 5) is 4.14. The van der Waals surface area contributed by atoms with Crippen molar-refractivity contribution in [3.8, 4) is 0 Å². The zero-order valence-electron chi connectivity index (χ0n) is 5.52. The molecule has 1 N–H and O–H groups in total. The molecule has 0 aromatic carbocycles. The fourth-order valence-electron chi connectivity index (χ4n) is 0.735. The summed E-state index contributed by atoms with van der Waals surface area (Å²) in [5, 5.41) is 0. The first-order valence-electron chi connectivity index (χ1n) is 3.05. The van der Waals surface area contributed by atoms with Crippen LogP contribution in [0.2, 0.25) is 0 Å². The molecule has 0 spiro atoms. The second-order valence-electron chi connectivity index (χ2n) is 1.91. The molecule has 0 aliphatic carbocycles. The number of aromatic nitrogens is 1. The van der Waals surface area contributed by atoms with Crippen molar-refractivity contribution in [1.82, 2.24) is 9.71 Å². The molecule has 56 valence electrons. The lowest BCUT2D eigenvalue weighted by Gasteiger charge is -1.96. The van der Waals surface area contributed by atoms with Crippen LogP contribution in [0.3, 0.4) is 0 Å². The summed E-state index contributed by atoms with van der Waals surface area (Å²) in [6, 6.07) is 5.76. The van der Waals surface area contributed by atoms with E-state index in [1.54, 1.807) is 6.20 Å². The molecule has 0 bridgehead atoms. The summed E-state index contributed by atoms with van der Waals surface area (Å²) in [5.41, 5.74) is 0.894. The highest BCUT2D eigenvalue weighted by molar-refractivity contribution is 8.76. The summed E-state index contributed by atoms with van der Waals surface area (Å²) in [6.07, 6.45) is 1.76. The smallest absolute Gasteiger partial charge is 0.171 e. The molecule has 3 nitrogen and oxygen atoms in total. The molecule has 5 heteroatoms. The van der Waals surface area contributed by atoms with E-state index in [2.05, 4.69) is 14.1 Å². The van der Waals surface area contributed by atoms with Gasteiger partial charge in [0.2, 0.25) is 0 Å². The van der Waals surface area contributed by atoms with Crippen LogP contribution in [0.4, 0.5) is 0 Å². The summed E-state index contributed by atoms with van der Waals surface area (Å²) >= 11 is 0. The van der Waals surface area contributed by atoms with E-state index in [4.69, 9.17) is 0 Å². The molecule has 11 heavy (non-hydrogen) atoms. The Balaban J connectivity index is 2.29. The number of pyridine rings is 1. The van der Waals surface area contributed by atoms with Crippen molar-refractivity contribution in [3.05, 3.63) is 30.1 Å². The van der Waals surface area contributed by atoms with Crippen molar-refractivity contribution in [3.63, 3.8) is 0 Å². The SMILES string of the molecule is c1ccc(C2=NSSN2)nc1. The van der Waals surface area contributed by atoms with Gasteiger partial charge in [-0.3, -0.25) is 4.98 Å². The van der Waals surface area contributed by atoms with E-state index >= 15 is 0 Å². The predicted molar refractivity (Wildman–Crippen MR) is 49.1 cm³/mol. The molecule has 1 aromatic heterocycles. The Morgan fingerprint density at radius 3 is 3.00 bits per heavy atom. The molecule has 1 aliphatic heterocycles. The number of amidine groups is 1. The third kappa shape index (κ3) is 1.49. The normalized spacial score (nSPS) is 15.8. The average Bonchev–Trinajstić information content (AvgIpc) is 2.58. The van der Waals surface area contributed by atoms with Crippen LogP contribution in [-0.2, 0) is 0 Å². The highest BCUT2D eigenvalue weighted by atomic mass is 33.1. The highest BCUT2D eigenvalue weighted by Gasteiger charge is 2.09. The molecule has 2 heterocycles. The van der Waals surface area contributed by atoms with Crippen LogP contribution < -0.4 is 4.72 Å². The maximum Gasteiger partial charge on any atom is 0.171 e. The minimum atomic E-state index is 0.848. The standard InChI is InChI=1S/C6H5N3S2/c1-2-4-7-5(3-1)6-8-10-11-9-6/h1-4H,(H,8,9). The van der Waals surface area contributed by atoms with Crippen molar-refractivity contribution in [2.24, 2.45) is 4.40 Å². The number of rotatable bonds is 1. The Hall–Kier alpha value is -0.680. The van der Waals surface area contributed by atoms with Crippen molar-refractivity contribution in [2.45, 2.75) is 0 Å². The van der Waals surface area contributed by atoms with Gasteiger partial charge in [-0.15, -0.1) is 0 Å². The maximum atomic E-state index is 4.14. The molecule has 0 amide bonds. The first-order valence-corrected chi connectivity index (χ1v) is 5.15. The summed E-state index contributed by atoms with van der Waals surface area (Å²) in [5.74, 6) is 0.848. The number of hydrogen-bond donors (Lipinski definition) is 1. The van der Waals surface area contributed by atoms with Crippen molar-refractivity contribution >= 4 is 27.8 Å². The average molecular weight is 183 g/mol. The molecule has 0 fully saturated rings. The van der Waals surface area contributed by atoms with Crippen molar-refractivity contribution in [2.75, 3.05) is 0 Å². The third-order valence-electron chi connectivity index (χ3n) is 1.21. The van der Waals surface area contributed by atoms with E-state index in [0.717, 1.165) is 11.5 Å². The van der Waals surface area contributed by atoms with Crippen molar-refractivity contribution < 1.29 is 0 Å². The first-order chi connectivity index (χ1) is 5.47. The maximum absolute atomic E-state index is 4.14. The van der Waals surface area contributed by atoms with E-state index < -0.39 is 0 Å². The van der Waals surface area contributed by atoms with Gasteiger partial charge in [0.1, 0.15) is 5.69 Å². The van der Waals surface area contributed by atoms with E-state index in [1.165, 1.54) is 22.0 Å². The first kappa shape index (κ1) is 7.00. The van der Waals surface area contributed by atoms with Crippen molar-refractivity contribution in [1.29, 1.82) is 0 Å². The van der Waals surface area contributed by atoms with Crippen LogP contribution in [-0.4, -0.2) is 10.8 Å². The summed E-state index contributed by atoms with van der Waals surface area (Å²) in [7, 11) is 2.93. The number of nitrogens with one attached hydrogen (secondary N) is 1. The lowest BCUT2D eigenvalue weighted by atomic mass is 10.3. The second-order valence-corrected chi connectivity index (χ2v) is 3.56. The van der Waals surface area contributed by atoms with Crippen LogP contribution in [0.15, 0.2) is 28.8 Å². The lowest BCUT2D eigenvalue weighted by molar-refractivity contribution is 1.27. The zero-order valence-corrected chi connectivity index (χ0v) is 7.15. The molecular weight excluding hydrogens is 178 g/mol. The highest BCUT2D eigenvalue weighted by Crippen LogP contribution is 2.25. The Morgan fingerprint density at radius 1 is 1.36 bits per heavy atom. The molecule has 1 aliphatic rings. The quantitative estimate of drug-likeness (QED) is 0.530. The van der Waals surface area contributed by atoms with Crippen LogP contribution in [0.25, 0.3) is 0 Å². The van der Waals surface area contributed by atoms with Gasteiger partial charge in [0.15, 0.2) is 5.84 Å². The summed E-state index contributed by atoms with van der Waals surface area (Å²) < 4.78 is 7.17. The number of hydrogen-bond acceptors (Lipinski definition) is 5. The van der Waals surface area contributed by atoms with E-state index in [1.807, 2.05) is 18.2 Å². The van der Waals surface area contributed by atoms with Gasteiger partial charge in [-0.05, 0) is 12.1 Å². The summed E-state index contributed by atoms with van der Waals surface area (Å²) in [6.45, 7) is 0. The van der Waals surface area contributed by atoms with Crippen LogP contribution in [0.1, 0.15) is 5.69 Å². The van der Waals surface area contributed by atoms with E-state index in [0.29, 0.717) is 0 Å². The Morgan fingerprint density at radius 2 is 2.36 bits per heavy atom. The molecule has 0 saturated heterocycles. The third-order valence-corrected chi connectivity index (χ3v) is 2.52. The fraction of sp³-hybridized carbons (Fsp3) is 0. The fourth-order valence-corrected chi connectivity index (χ4v) is 1.99. The second kappa shape index (κ2) is 3.15. The van der Waals surface area contributed by atoms with Crippen LogP contribution in [0, 0.1) is 0 Å². The molecule has 0 atom stereocenters. The van der Waals surface area contributed by atoms with Gasteiger partial charge in [-0.25, -0.2) is 0 Å². The van der Waals surface area contributed by atoms with Gasteiger partial charge in [-0.1, -0.05) is 6.07 Å². The zero-order chi connectivity index (χ0) is 7.52. The van der Waals surface area contributed by atoms with Crippen LogP contribution >= 0.6 is 22.0 Å². The minimum Gasteiger partial charge on any atom is -0.301 e. The van der Waals surface area contributed by atoms with E-state index in [-0.39, 0.29) is 0 Å². The van der Waals surface area contributed by atoms with Gasteiger partial charge < -0.3 is 4.72 Å². The molecule has 1 aromatic rings. The predicted octanol–water partition coefficient (Wildman–Crippen LogP) is 1.64. The van der Waals surface area contributed by atoms with Gasteiger partial charge in [0.05, 0.1) is 11.0 Å². The minimum absolute atomic E-state index is 0.848. The molecule has 2 rings (SSSR count). The molecular formula is C6H5N3S2. The molecule has 0 radical (unpaired) electrons. The Bertz CT molecular complexity index is 272. The largest absolute Gasteiger partial charge is 0.301 e. The topological polar surface area (TPSA) is 37.3 Å². The monoisotopic (exact) mass is 183 g/mol. The van der Waals surface area contributed by atoms with Gasteiger partial charge in [0.25, 0.3) is 0 Å². The molecule has 0 saturated carbocycles.